The van der Waals surface area contributed by atoms with E-state index in [1.807, 2.05) is 0 Å². The zero-order valence-electron chi connectivity index (χ0n) is 26.0. The number of alkyl halides is 7. The summed E-state index contributed by atoms with van der Waals surface area (Å²) in [6.45, 7) is 0. The molecule has 0 unspecified atom stereocenters. The summed E-state index contributed by atoms with van der Waals surface area (Å²) in [5.74, 6) is 0. The lowest BCUT2D eigenvalue weighted by Gasteiger charge is -1.35. The third-order valence-electron chi connectivity index (χ3n) is 0.626. The van der Waals surface area contributed by atoms with Crippen molar-refractivity contribution in [1.29, 1.82) is 0 Å². The first kappa shape index (κ1) is 105. The third kappa shape index (κ3) is 3240. The number of rotatable bonds is 0. The van der Waals surface area contributed by atoms with Crippen molar-refractivity contribution >= 4 is 81.2 Å². The summed E-state index contributed by atoms with van der Waals surface area (Å²) in [5, 5.41) is 20.4. The van der Waals surface area contributed by atoms with Crippen molar-refractivity contribution in [3.8, 4) is 0 Å². The van der Waals surface area contributed by atoms with Gasteiger partial charge < -0.3 is 0 Å². The van der Waals surface area contributed by atoms with Gasteiger partial charge >= 0.3 is 0 Å². The Labute approximate surface area is 297 Å². The van der Waals surface area contributed by atoms with E-state index < -0.39 is 0 Å². The van der Waals surface area contributed by atoms with Gasteiger partial charge in [-0.2, -0.15) is 0 Å². The SMILES string of the molecule is C.C.CCl.CCl.CCl.CCl.CCl.CCl.CCl.CN=[N+]=[N-].CN=[N+]=[N-].CN=[N+]=[N-].CN=[N+]=[N-].CN=[N+]=[N-].CN=[N+]=[N-].CN=[N+]=[N-]. The number of hydrogen-bond acceptors (Lipinski definition) is 7. The fourth-order valence-electron chi connectivity index (χ4n) is 0. The minimum atomic E-state index is 0. The molecule has 0 aromatic heterocycles. The molecule has 0 aliphatic carbocycles. The summed E-state index contributed by atoms with van der Waals surface area (Å²) in [6, 6.07) is 0. The van der Waals surface area contributed by atoms with Crippen molar-refractivity contribution in [1.82, 2.24) is 0 Å². The fraction of sp³-hybridized carbons (Fsp3) is 1.00. The molecule has 0 aromatic rings. The molecule has 28 heteroatoms. The van der Waals surface area contributed by atoms with E-state index in [4.69, 9.17) is 38.7 Å². The molecular weight excluding hydrogens is 734 g/mol. The van der Waals surface area contributed by atoms with Crippen LogP contribution in [-0.2, 0) is 0 Å². The Morgan fingerprint density at radius 3 is 0.273 bits per heavy atom. The van der Waals surface area contributed by atoms with Crippen LogP contribution in [0.15, 0.2) is 35.8 Å². The van der Waals surface area contributed by atoms with E-state index in [2.05, 4.69) is 151 Å². The van der Waals surface area contributed by atoms with Gasteiger partial charge in [-0.1, -0.05) is 50.7 Å². The van der Waals surface area contributed by atoms with Gasteiger partial charge in [-0.25, -0.2) is 0 Å². The highest BCUT2D eigenvalue weighted by Gasteiger charge is 1.29. The van der Waals surface area contributed by atoms with Gasteiger partial charge in [0.2, 0.25) is 0 Å². The highest BCUT2D eigenvalue weighted by molar-refractivity contribution is 6.16. The number of nitrogens with zero attached hydrogens (tertiary/aromatic N) is 21. The summed E-state index contributed by atoms with van der Waals surface area (Å²) >= 11 is 32.5. The van der Waals surface area contributed by atoms with Gasteiger partial charge in [0.05, 0.1) is 0 Å². The predicted octanol–water partition coefficient (Wildman–Crippen LogP) is 13.7. The Kier molecular flexibility index (Phi) is 1170. The fourth-order valence-corrected chi connectivity index (χ4v) is 0. The van der Waals surface area contributed by atoms with Crippen LogP contribution in [-0.4, -0.2) is 94.0 Å². The van der Waals surface area contributed by atoms with Gasteiger partial charge in [0.25, 0.3) is 0 Å². The third-order valence-corrected chi connectivity index (χ3v) is 0.626. The van der Waals surface area contributed by atoms with Crippen LogP contribution in [0.3, 0.4) is 0 Å². The summed E-state index contributed by atoms with van der Waals surface area (Å²) in [7, 11) is 9.72. The van der Waals surface area contributed by atoms with Crippen LogP contribution in [0, 0.1) is 0 Å². The molecule has 0 N–H and O–H groups in total. The molecule has 0 spiro atoms. The first-order chi connectivity index (χ1) is 20.4. The van der Waals surface area contributed by atoms with Gasteiger partial charge in [0, 0.05) is 128 Å². The van der Waals surface area contributed by atoms with Crippen LogP contribution in [0.2, 0.25) is 0 Å². The van der Waals surface area contributed by atoms with E-state index in [0.29, 0.717) is 0 Å². The molecule has 21 nitrogen and oxygen atoms in total. The van der Waals surface area contributed by atoms with E-state index in [0.717, 1.165) is 0 Å². The minimum Gasteiger partial charge on any atom is -0.130 e. The molecule has 0 heterocycles. The molecule has 0 atom stereocenters. The second-order valence-corrected chi connectivity index (χ2v) is 2.03. The van der Waals surface area contributed by atoms with Crippen LogP contribution >= 0.6 is 81.2 Å². The highest BCUT2D eigenvalue weighted by atomic mass is 35.5. The summed E-state index contributed by atoms with van der Waals surface area (Å²) in [6.07, 6.45) is 10.3. The van der Waals surface area contributed by atoms with Crippen molar-refractivity contribution in [2.45, 2.75) is 14.9 Å². The zero-order chi connectivity index (χ0) is 37.9. The zero-order valence-corrected chi connectivity index (χ0v) is 31.3. The molecule has 0 aliphatic heterocycles. The highest BCUT2D eigenvalue weighted by Crippen LogP contribution is 1.49. The molecule has 0 fully saturated rings. The molecule has 0 saturated heterocycles. The normalized spacial score (nSPS) is 3.66. The Bertz CT molecular complexity index is 488. The smallest absolute Gasteiger partial charge is 0.0139 e. The Hall–Kier alpha value is -2.80. The molecular formula is C16H50Cl7N21. The number of halogens is 7. The van der Waals surface area contributed by atoms with Crippen molar-refractivity contribution in [3.05, 3.63) is 73.1 Å². The van der Waals surface area contributed by atoms with Gasteiger partial charge in [0.1, 0.15) is 0 Å². The molecule has 44 heavy (non-hydrogen) atoms. The maximum Gasteiger partial charge on any atom is 0.0139 e. The van der Waals surface area contributed by atoms with E-state index in [1.165, 1.54) is 94.0 Å². The van der Waals surface area contributed by atoms with Gasteiger partial charge in [0.15, 0.2) is 0 Å². The standard InChI is InChI=1S/7CH3Cl.7CH3N3.2CH4/c7*1-2;7*1-3-4-2;;/h7*1H3;7*1H3;2*1H4. The largest absolute Gasteiger partial charge is 0.130 e. The van der Waals surface area contributed by atoms with Crippen molar-refractivity contribution in [3.63, 3.8) is 0 Å². The van der Waals surface area contributed by atoms with Crippen LogP contribution in [0.1, 0.15) is 14.9 Å². The minimum absolute atomic E-state index is 0. The molecule has 0 rings (SSSR count). The topological polar surface area (TPSA) is 341 Å². The second-order valence-electron chi connectivity index (χ2n) is 2.03. The second kappa shape index (κ2) is 492. The molecule has 0 aliphatic rings. The van der Waals surface area contributed by atoms with Crippen molar-refractivity contribution in [2.75, 3.05) is 94.0 Å². The van der Waals surface area contributed by atoms with Gasteiger partial charge in [-0.3, -0.25) is 0 Å². The van der Waals surface area contributed by atoms with E-state index in [-0.39, 0.29) is 14.9 Å². The molecule has 0 radical (unpaired) electrons. The first-order valence-electron chi connectivity index (χ1n) is 8.58. The molecule has 268 valence electrons. The van der Waals surface area contributed by atoms with Gasteiger partial charge in [-0.15, -0.1) is 81.2 Å². The van der Waals surface area contributed by atoms with Crippen molar-refractivity contribution < 1.29 is 0 Å². The van der Waals surface area contributed by atoms with Crippen molar-refractivity contribution in [2.24, 2.45) is 35.8 Å². The summed E-state index contributed by atoms with van der Waals surface area (Å²) < 4.78 is 0. The number of azide groups is 7. The monoisotopic (exact) mass is 781 g/mol. The first-order valence-corrected chi connectivity index (χ1v) is 13.9. The molecule has 0 bridgehead atoms. The maximum atomic E-state index is 7.33. The molecule has 0 aromatic carbocycles. The predicted molar refractivity (Wildman–Crippen MR) is 201 cm³/mol. The molecule has 0 saturated carbocycles. The van der Waals surface area contributed by atoms with Crippen LogP contribution in [0.5, 0.6) is 0 Å². The van der Waals surface area contributed by atoms with Gasteiger partial charge in [-0.05, 0) is 38.7 Å². The molecule has 0 amide bonds. The van der Waals surface area contributed by atoms with E-state index in [9.17, 15) is 0 Å². The lowest BCUT2D eigenvalue weighted by molar-refractivity contribution is 1.40. The van der Waals surface area contributed by atoms with Crippen LogP contribution in [0.4, 0.5) is 0 Å². The lowest BCUT2D eigenvalue weighted by atomic mass is 11.6. The number of hydrogen-bond donors (Lipinski definition) is 0. The van der Waals surface area contributed by atoms with E-state index >= 15 is 0 Å². The van der Waals surface area contributed by atoms with E-state index in [1.54, 1.807) is 0 Å². The Morgan fingerprint density at radius 2 is 0.273 bits per heavy atom. The summed E-state index contributed by atoms with van der Waals surface area (Å²) in [4.78, 5) is 16.5. The van der Waals surface area contributed by atoms with Crippen LogP contribution < -0.4 is 0 Å². The Balaban J connectivity index is -0.0000000138. The lowest BCUT2D eigenvalue weighted by Crippen LogP contribution is -1.22. The average Bonchev–Trinajstić information content (AvgIpc) is 3.14. The Morgan fingerprint density at radius 1 is 0.250 bits per heavy atom. The average molecular weight is 785 g/mol. The maximum absolute atomic E-state index is 7.33. The summed E-state index contributed by atoms with van der Waals surface area (Å²) in [5.41, 5.74) is 51.3. The van der Waals surface area contributed by atoms with Crippen LogP contribution in [0.25, 0.3) is 73.1 Å². The quantitative estimate of drug-likeness (QED) is 0.0956.